The number of aliphatic hydroxyl groups is 2. The van der Waals surface area contributed by atoms with Crippen LogP contribution in [0.2, 0.25) is 0 Å². The fourth-order valence-corrected chi connectivity index (χ4v) is 2.45. The SMILES string of the molecule is NC1(N)N=C2C(=NCN2[C@H]2C[C@H](O)[C@@H](CO)O2)C(=O)N1. The van der Waals surface area contributed by atoms with Crippen molar-refractivity contribution in [2.75, 3.05) is 13.3 Å². The topological polar surface area (TPSA) is 159 Å². The molecule has 0 aromatic carbocycles. The lowest BCUT2D eigenvalue weighted by Crippen LogP contribution is -2.67. The number of carbonyl (C=O) groups excluding carboxylic acids is 1. The predicted molar refractivity (Wildman–Crippen MR) is 67.2 cm³/mol. The van der Waals surface area contributed by atoms with E-state index in [-0.39, 0.29) is 31.2 Å². The molecule has 3 heterocycles. The number of amides is 1. The second-order valence-corrected chi connectivity index (χ2v) is 4.95. The van der Waals surface area contributed by atoms with Crippen molar-refractivity contribution in [1.29, 1.82) is 0 Å². The summed E-state index contributed by atoms with van der Waals surface area (Å²) in [6.07, 6.45) is -1.71. The van der Waals surface area contributed by atoms with Gasteiger partial charge in [-0.15, -0.1) is 0 Å². The maximum absolute atomic E-state index is 11.8. The highest BCUT2D eigenvalue weighted by atomic mass is 16.5. The van der Waals surface area contributed by atoms with Crippen LogP contribution in [0, 0.1) is 0 Å². The Morgan fingerprint density at radius 1 is 1.55 bits per heavy atom. The fraction of sp³-hybridized carbons (Fsp3) is 0.700. The Balaban J connectivity index is 1.84. The summed E-state index contributed by atoms with van der Waals surface area (Å²) >= 11 is 0. The molecular weight excluding hydrogens is 268 g/mol. The second-order valence-electron chi connectivity index (χ2n) is 4.95. The number of amidine groups is 1. The van der Waals surface area contributed by atoms with Crippen LogP contribution in [-0.2, 0) is 9.53 Å². The summed E-state index contributed by atoms with van der Waals surface area (Å²) in [5.41, 5.74) is 11.4. The van der Waals surface area contributed by atoms with Crippen LogP contribution < -0.4 is 16.8 Å². The van der Waals surface area contributed by atoms with Crippen LogP contribution in [0.1, 0.15) is 6.42 Å². The first-order chi connectivity index (χ1) is 9.41. The van der Waals surface area contributed by atoms with Crippen molar-refractivity contribution in [3.63, 3.8) is 0 Å². The molecule has 0 spiro atoms. The highest BCUT2D eigenvalue weighted by Gasteiger charge is 2.45. The molecule has 7 N–H and O–H groups in total. The Labute approximate surface area is 114 Å². The van der Waals surface area contributed by atoms with Gasteiger partial charge in [0.1, 0.15) is 19.0 Å². The summed E-state index contributed by atoms with van der Waals surface area (Å²) in [5.74, 6) is -1.95. The molecule has 1 amide bonds. The van der Waals surface area contributed by atoms with E-state index >= 15 is 0 Å². The number of carbonyl (C=O) groups is 1. The minimum Gasteiger partial charge on any atom is -0.394 e. The Bertz CT molecular complexity index is 504. The molecule has 3 atom stereocenters. The first-order valence-corrected chi connectivity index (χ1v) is 6.17. The highest BCUT2D eigenvalue weighted by Crippen LogP contribution is 2.26. The standard InChI is InChI=1S/C10H16N6O4/c11-10(12)14-8-7(9(19)15-10)13-3-16(8)6-1-4(18)5(2-17)20-6/h4-6,17-18H,1-3,11-12H2,(H,15,19)/t4-,5+,6+/m0/s1. The summed E-state index contributed by atoms with van der Waals surface area (Å²) in [6, 6.07) is 0. The van der Waals surface area contributed by atoms with E-state index in [2.05, 4.69) is 15.3 Å². The minimum atomic E-state index is -1.69. The van der Waals surface area contributed by atoms with Crippen molar-refractivity contribution in [1.82, 2.24) is 10.2 Å². The maximum Gasteiger partial charge on any atom is 0.277 e. The Kier molecular flexibility index (Phi) is 2.99. The van der Waals surface area contributed by atoms with Crippen molar-refractivity contribution < 1.29 is 19.7 Å². The first kappa shape index (κ1) is 13.4. The largest absolute Gasteiger partial charge is 0.394 e. The van der Waals surface area contributed by atoms with Crippen LogP contribution >= 0.6 is 0 Å². The average Bonchev–Trinajstić information content (AvgIpc) is 2.91. The maximum atomic E-state index is 11.8. The lowest BCUT2D eigenvalue weighted by Gasteiger charge is -2.31. The quantitative estimate of drug-likeness (QED) is 0.325. The molecule has 10 nitrogen and oxygen atoms in total. The van der Waals surface area contributed by atoms with Gasteiger partial charge in [-0.05, 0) is 0 Å². The Morgan fingerprint density at radius 2 is 2.30 bits per heavy atom. The number of aliphatic hydroxyl groups excluding tert-OH is 2. The van der Waals surface area contributed by atoms with Crippen molar-refractivity contribution in [3.8, 4) is 0 Å². The number of rotatable bonds is 2. The predicted octanol–water partition coefficient (Wildman–Crippen LogP) is -3.77. The summed E-state index contributed by atoms with van der Waals surface area (Å²) in [5, 5.41) is 21.1. The van der Waals surface area contributed by atoms with Gasteiger partial charge >= 0.3 is 0 Å². The molecule has 3 aliphatic rings. The number of ether oxygens (including phenoxy) is 1. The van der Waals surface area contributed by atoms with Gasteiger partial charge in [0.25, 0.3) is 5.91 Å². The molecule has 0 unspecified atom stereocenters. The van der Waals surface area contributed by atoms with Gasteiger partial charge < -0.3 is 25.2 Å². The van der Waals surface area contributed by atoms with Crippen LogP contribution in [0.5, 0.6) is 0 Å². The van der Waals surface area contributed by atoms with Crippen molar-refractivity contribution in [2.24, 2.45) is 21.5 Å². The van der Waals surface area contributed by atoms with E-state index in [4.69, 9.17) is 21.3 Å². The zero-order valence-corrected chi connectivity index (χ0v) is 10.6. The van der Waals surface area contributed by atoms with Crippen LogP contribution in [-0.4, -0.2) is 70.2 Å². The molecule has 1 saturated heterocycles. The van der Waals surface area contributed by atoms with E-state index in [0.717, 1.165) is 0 Å². The third kappa shape index (κ3) is 2.07. The molecule has 0 aromatic rings. The molecule has 0 aromatic heterocycles. The molecule has 3 rings (SSSR count). The van der Waals surface area contributed by atoms with Crippen molar-refractivity contribution in [3.05, 3.63) is 0 Å². The number of nitrogens with one attached hydrogen (secondary N) is 1. The molecule has 0 aliphatic carbocycles. The molecule has 3 aliphatic heterocycles. The van der Waals surface area contributed by atoms with E-state index in [1.807, 2.05) is 0 Å². The van der Waals surface area contributed by atoms with Gasteiger partial charge in [0, 0.05) is 6.42 Å². The van der Waals surface area contributed by atoms with E-state index in [1.54, 1.807) is 4.90 Å². The average molecular weight is 284 g/mol. The zero-order valence-electron chi connectivity index (χ0n) is 10.6. The Morgan fingerprint density at radius 3 is 2.95 bits per heavy atom. The van der Waals surface area contributed by atoms with Gasteiger partial charge in [-0.1, -0.05) is 0 Å². The lowest BCUT2D eigenvalue weighted by atomic mass is 10.2. The van der Waals surface area contributed by atoms with Crippen molar-refractivity contribution >= 4 is 17.5 Å². The van der Waals surface area contributed by atoms with Crippen LogP contribution in [0.4, 0.5) is 0 Å². The van der Waals surface area contributed by atoms with Crippen LogP contribution in [0.15, 0.2) is 9.98 Å². The van der Waals surface area contributed by atoms with E-state index < -0.39 is 30.3 Å². The molecule has 110 valence electrons. The number of fused-ring (bicyclic) bond motifs is 1. The summed E-state index contributed by atoms with van der Waals surface area (Å²) in [7, 11) is 0. The second kappa shape index (κ2) is 4.46. The van der Waals surface area contributed by atoms with E-state index in [9.17, 15) is 9.90 Å². The molecule has 1 fully saturated rings. The lowest BCUT2D eigenvalue weighted by molar-refractivity contribution is -0.116. The van der Waals surface area contributed by atoms with Gasteiger partial charge in [0.15, 0.2) is 11.5 Å². The molecule has 0 radical (unpaired) electrons. The number of aliphatic imine (C=N–C) groups is 2. The zero-order chi connectivity index (χ0) is 14.5. The number of nitrogens with two attached hydrogens (primary N) is 2. The van der Waals surface area contributed by atoms with Gasteiger partial charge in [0.05, 0.1) is 12.7 Å². The highest BCUT2D eigenvalue weighted by molar-refractivity contribution is 6.67. The van der Waals surface area contributed by atoms with Gasteiger partial charge in [0.2, 0.25) is 5.91 Å². The van der Waals surface area contributed by atoms with E-state index in [1.165, 1.54) is 0 Å². The third-order valence-corrected chi connectivity index (χ3v) is 3.42. The Hall–Kier alpha value is -1.59. The summed E-state index contributed by atoms with van der Waals surface area (Å²) in [6.45, 7) is -0.128. The monoisotopic (exact) mass is 284 g/mol. The van der Waals surface area contributed by atoms with Crippen LogP contribution in [0.25, 0.3) is 0 Å². The molecule has 20 heavy (non-hydrogen) atoms. The number of hydrogen-bond donors (Lipinski definition) is 5. The molecule has 0 saturated carbocycles. The smallest absolute Gasteiger partial charge is 0.277 e. The molecule has 10 heteroatoms. The number of nitrogens with zero attached hydrogens (tertiary/aromatic N) is 3. The minimum absolute atomic E-state index is 0.141. The number of hydrogen-bond acceptors (Lipinski definition) is 9. The first-order valence-electron chi connectivity index (χ1n) is 6.17. The van der Waals surface area contributed by atoms with Gasteiger partial charge in [-0.2, -0.15) is 0 Å². The third-order valence-electron chi connectivity index (χ3n) is 3.42. The van der Waals surface area contributed by atoms with Gasteiger partial charge in [-0.3, -0.25) is 21.3 Å². The molecular formula is C10H16N6O4. The normalized spacial score (nSPS) is 35.5. The summed E-state index contributed by atoms with van der Waals surface area (Å²) < 4.78 is 5.52. The fourth-order valence-electron chi connectivity index (χ4n) is 2.45. The molecule has 0 bridgehead atoms. The van der Waals surface area contributed by atoms with Crippen LogP contribution in [0.3, 0.4) is 0 Å². The van der Waals surface area contributed by atoms with Crippen molar-refractivity contribution in [2.45, 2.75) is 30.8 Å². The summed E-state index contributed by atoms with van der Waals surface area (Å²) in [4.78, 5) is 21.5. The van der Waals surface area contributed by atoms with Gasteiger partial charge in [-0.25, -0.2) is 4.99 Å². The van der Waals surface area contributed by atoms with E-state index in [0.29, 0.717) is 0 Å².